The molecule has 0 atom stereocenters. The third-order valence-corrected chi connectivity index (χ3v) is 2.75. The molecule has 0 fully saturated rings. The molecule has 2 rings (SSSR count). The molecular weight excluding hydrogens is 267 g/mol. The molecule has 1 aromatic heterocycles. The van der Waals surface area contributed by atoms with Crippen molar-refractivity contribution in [2.45, 2.75) is 6.92 Å². The van der Waals surface area contributed by atoms with Crippen molar-refractivity contribution in [1.82, 2.24) is 0 Å². The third-order valence-electron chi connectivity index (χ3n) is 2.25. The predicted octanol–water partition coefficient (Wildman–Crippen LogP) is 3.01. The summed E-state index contributed by atoms with van der Waals surface area (Å²) in [6.45, 7) is 1.16. The lowest BCUT2D eigenvalue weighted by atomic mass is 10.1. The van der Waals surface area contributed by atoms with E-state index in [-0.39, 0.29) is 21.0 Å². The Morgan fingerprint density at radius 2 is 2.00 bits per heavy atom. The number of hydrogen-bond acceptors (Lipinski definition) is 4. The van der Waals surface area contributed by atoms with E-state index in [2.05, 4.69) is 0 Å². The van der Waals surface area contributed by atoms with Crippen molar-refractivity contribution in [3.8, 4) is 5.75 Å². The first kappa shape index (κ1) is 12.0. The molecule has 2 aromatic rings. The number of ketones is 1. The highest BCUT2D eigenvalue weighted by molar-refractivity contribution is 6.38. The van der Waals surface area contributed by atoms with Crippen molar-refractivity contribution in [3.63, 3.8) is 0 Å². The van der Waals surface area contributed by atoms with E-state index in [1.165, 1.54) is 12.1 Å². The first-order chi connectivity index (χ1) is 7.91. The molecule has 88 valence electrons. The minimum Gasteiger partial charge on any atom is -0.506 e. The van der Waals surface area contributed by atoms with E-state index in [0.29, 0.717) is 0 Å². The minimum atomic E-state index is -0.924. The summed E-state index contributed by atoms with van der Waals surface area (Å²) in [5.41, 5.74) is -1.33. The van der Waals surface area contributed by atoms with Crippen LogP contribution < -0.4 is 5.63 Å². The molecule has 0 spiro atoms. The molecule has 17 heavy (non-hydrogen) atoms. The van der Waals surface area contributed by atoms with Gasteiger partial charge in [-0.1, -0.05) is 23.2 Å². The summed E-state index contributed by atoms with van der Waals surface area (Å²) in [6.07, 6.45) is 0. The van der Waals surface area contributed by atoms with Gasteiger partial charge in [0.05, 0.1) is 10.4 Å². The third kappa shape index (κ3) is 1.90. The Morgan fingerprint density at radius 3 is 2.59 bits per heavy atom. The van der Waals surface area contributed by atoms with Gasteiger partial charge in [0.25, 0.3) is 0 Å². The van der Waals surface area contributed by atoms with Gasteiger partial charge in [0.2, 0.25) is 0 Å². The van der Waals surface area contributed by atoms with E-state index in [4.69, 9.17) is 27.6 Å². The number of rotatable bonds is 1. The maximum Gasteiger partial charge on any atom is 0.351 e. The number of carbonyl (C=O) groups excluding carboxylic acids is 1. The molecule has 0 saturated heterocycles. The summed E-state index contributed by atoms with van der Waals surface area (Å²) >= 11 is 11.6. The van der Waals surface area contributed by atoms with E-state index in [9.17, 15) is 14.7 Å². The maximum atomic E-state index is 11.5. The molecule has 0 aliphatic rings. The van der Waals surface area contributed by atoms with Gasteiger partial charge in [0, 0.05) is 5.02 Å². The molecule has 0 aliphatic heterocycles. The summed E-state index contributed by atoms with van der Waals surface area (Å²) in [5.74, 6) is -1.05. The predicted molar refractivity (Wildman–Crippen MR) is 64.2 cm³/mol. The van der Waals surface area contributed by atoms with Crippen molar-refractivity contribution in [2.24, 2.45) is 0 Å². The summed E-state index contributed by atoms with van der Waals surface area (Å²) in [7, 11) is 0. The Hall–Kier alpha value is -1.52. The second-order valence-corrected chi connectivity index (χ2v) is 4.28. The largest absolute Gasteiger partial charge is 0.506 e. The van der Waals surface area contributed by atoms with Crippen LogP contribution in [0.5, 0.6) is 5.75 Å². The SMILES string of the molecule is CC(=O)c1c(O)c2cc(Cl)cc(Cl)c2oc1=O. The molecule has 0 amide bonds. The molecule has 0 aliphatic carbocycles. The molecule has 0 unspecified atom stereocenters. The van der Waals surface area contributed by atoms with Gasteiger partial charge in [-0.15, -0.1) is 0 Å². The van der Waals surface area contributed by atoms with Crippen LogP contribution in [0.4, 0.5) is 0 Å². The number of halogens is 2. The van der Waals surface area contributed by atoms with Crippen LogP contribution in [0.1, 0.15) is 17.3 Å². The second kappa shape index (κ2) is 4.05. The molecule has 4 nitrogen and oxygen atoms in total. The molecular formula is C11H6Cl2O4. The number of benzene rings is 1. The van der Waals surface area contributed by atoms with Crippen LogP contribution in [0.2, 0.25) is 10.0 Å². The highest BCUT2D eigenvalue weighted by atomic mass is 35.5. The van der Waals surface area contributed by atoms with Gasteiger partial charge < -0.3 is 9.52 Å². The van der Waals surface area contributed by atoms with E-state index in [1.807, 2.05) is 0 Å². The van der Waals surface area contributed by atoms with E-state index < -0.39 is 22.7 Å². The molecule has 0 radical (unpaired) electrons. The molecule has 1 N–H and O–H groups in total. The van der Waals surface area contributed by atoms with E-state index in [0.717, 1.165) is 6.92 Å². The molecule has 0 saturated carbocycles. The highest BCUT2D eigenvalue weighted by Crippen LogP contribution is 2.33. The zero-order chi connectivity index (χ0) is 12.7. The Morgan fingerprint density at radius 1 is 1.35 bits per heavy atom. The van der Waals surface area contributed by atoms with Crippen LogP contribution >= 0.6 is 23.2 Å². The van der Waals surface area contributed by atoms with E-state index in [1.54, 1.807) is 0 Å². The highest BCUT2D eigenvalue weighted by Gasteiger charge is 2.19. The summed E-state index contributed by atoms with van der Waals surface area (Å²) in [5, 5.41) is 10.3. The van der Waals surface area contributed by atoms with Crippen molar-refractivity contribution in [1.29, 1.82) is 0 Å². The van der Waals surface area contributed by atoms with Crippen LogP contribution in [0, 0.1) is 0 Å². The fourth-order valence-electron chi connectivity index (χ4n) is 1.53. The monoisotopic (exact) mass is 272 g/mol. The van der Waals surface area contributed by atoms with E-state index >= 15 is 0 Å². The normalized spacial score (nSPS) is 10.8. The maximum absolute atomic E-state index is 11.5. The van der Waals surface area contributed by atoms with Crippen LogP contribution in [-0.2, 0) is 0 Å². The van der Waals surface area contributed by atoms with Crippen molar-refractivity contribution >= 4 is 40.0 Å². The zero-order valence-corrected chi connectivity index (χ0v) is 10.1. The first-order valence-electron chi connectivity index (χ1n) is 4.57. The minimum absolute atomic E-state index is 0.00330. The summed E-state index contributed by atoms with van der Waals surface area (Å²) in [6, 6.07) is 2.74. The Kier molecular flexibility index (Phi) is 2.85. The lowest BCUT2D eigenvalue weighted by Gasteiger charge is -2.05. The molecule has 1 heterocycles. The van der Waals surface area contributed by atoms with Crippen molar-refractivity contribution in [2.75, 3.05) is 0 Å². The van der Waals surface area contributed by atoms with Gasteiger partial charge >= 0.3 is 5.63 Å². The lowest BCUT2D eigenvalue weighted by Crippen LogP contribution is -2.11. The van der Waals surface area contributed by atoms with Gasteiger partial charge in [0.15, 0.2) is 11.4 Å². The zero-order valence-electron chi connectivity index (χ0n) is 8.58. The topological polar surface area (TPSA) is 67.5 Å². The average Bonchev–Trinajstić information content (AvgIpc) is 2.19. The second-order valence-electron chi connectivity index (χ2n) is 3.43. The van der Waals surface area contributed by atoms with Gasteiger partial charge in [-0.25, -0.2) is 4.79 Å². The van der Waals surface area contributed by atoms with Crippen LogP contribution in [0.15, 0.2) is 21.3 Å². The number of hydrogen-bond donors (Lipinski definition) is 1. The fraction of sp³-hybridized carbons (Fsp3) is 0.0909. The van der Waals surface area contributed by atoms with Crippen LogP contribution in [0.25, 0.3) is 11.0 Å². The van der Waals surface area contributed by atoms with Crippen LogP contribution in [0.3, 0.4) is 0 Å². The summed E-state index contributed by atoms with van der Waals surface area (Å²) in [4.78, 5) is 22.7. The van der Waals surface area contributed by atoms with Crippen molar-refractivity contribution < 1.29 is 14.3 Å². The average molecular weight is 273 g/mol. The number of aromatic hydroxyl groups is 1. The molecule has 6 heteroatoms. The molecule has 1 aromatic carbocycles. The molecule has 0 bridgehead atoms. The van der Waals surface area contributed by atoms with Gasteiger partial charge in [-0.2, -0.15) is 0 Å². The first-order valence-corrected chi connectivity index (χ1v) is 5.33. The Labute approximate surface area is 105 Å². The van der Waals surface area contributed by atoms with Gasteiger partial charge in [0.1, 0.15) is 11.3 Å². The standard InChI is InChI=1S/C11H6Cl2O4/c1-4(14)8-9(15)6-2-5(12)3-7(13)10(6)17-11(8)16/h2-3,15H,1H3. The smallest absolute Gasteiger partial charge is 0.351 e. The Bertz CT molecular complexity index is 688. The van der Waals surface area contributed by atoms with Crippen LogP contribution in [-0.4, -0.2) is 10.9 Å². The summed E-state index contributed by atoms with van der Waals surface area (Å²) < 4.78 is 4.89. The number of fused-ring (bicyclic) bond motifs is 1. The van der Waals surface area contributed by atoms with Gasteiger partial charge in [-0.05, 0) is 19.1 Å². The number of carbonyl (C=O) groups is 1. The van der Waals surface area contributed by atoms with Crippen molar-refractivity contribution in [3.05, 3.63) is 38.2 Å². The fourth-order valence-corrected chi connectivity index (χ4v) is 2.06. The number of Topliss-reactive ketones (excluding diaryl/α,β-unsaturated/α-hetero) is 1. The quantitative estimate of drug-likeness (QED) is 0.640. The Balaban J connectivity index is 3.02. The van der Waals surface area contributed by atoms with Gasteiger partial charge in [-0.3, -0.25) is 4.79 Å². The lowest BCUT2D eigenvalue weighted by molar-refractivity contribution is 0.101.